The largest absolute Gasteiger partial charge is 0.467 e. The van der Waals surface area contributed by atoms with Crippen molar-refractivity contribution in [1.29, 1.82) is 0 Å². The van der Waals surface area contributed by atoms with Gasteiger partial charge >= 0.3 is 18.3 Å². The standard InChI is InChI=1S/C8H13F4NO3/c1-7(15,6(14)16-2)3-13-4-8(11,12)5(9)10/h5,13,15H,3-4H2,1-2H3. The van der Waals surface area contributed by atoms with E-state index in [0.29, 0.717) is 0 Å². The minimum atomic E-state index is -4.20. The van der Waals surface area contributed by atoms with Crippen LogP contribution in [0.4, 0.5) is 17.6 Å². The average Bonchev–Trinajstić information content (AvgIpc) is 2.15. The number of methoxy groups -OCH3 is 1. The van der Waals surface area contributed by atoms with E-state index in [1.165, 1.54) is 0 Å². The highest BCUT2D eigenvalue weighted by molar-refractivity contribution is 5.78. The van der Waals surface area contributed by atoms with Crippen LogP contribution in [0.15, 0.2) is 0 Å². The van der Waals surface area contributed by atoms with E-state index < -0.39 is 37.0 Å². The van der Waals surface area contributed by atoms with Crippen molar-refractivity contribution < 1.29 is 32.2 Å². The number of hydrogen-bond acceptors (Lipinski definition) is 4. The number of carbonyl (C=O) groups is 1. The smallest absolute Gasteiger partial charge is 0.338 e. The van der Waals surface area contributed by atoms with E-state index >= 15 is 0 Å². The van der Waals surface area contributed by atoms with Crippen molar-refractivity contribution in [3.63, 3.8) is 0 Å². The molecule has 1 atom stereocenters. The number of hydrogen-bond donors (Lipinski definition) is 2. The third-order valence-corrected chi connectivity index (χ3v) is 1.77. The lowest BCUT2D eigenvalue weighted by molar-refractivity contribution is -0.161. The molecule has 0 aliphatic rings. The summed E-state index contributed by atoms with van der Waals surface area (Å²) in [7, 11) is 1.00. The van der Waals surface area contributed by atoms with Crippen molar-refractivity contribution in [2.75, 3.05) is 20.2 Å². The van der Waals surface area contributed by atoms with Crippen LogP contribution in [0.2, 0.25) is 0 Å². The first-order chi connectivity index (χ1) is 7.13. The molecule has 0 aromatic rings. The van der Waals surface area contributed by atoms with Crippen LogP contribution in [0.5, 0.6) is 0 Å². The maximum Gasteiger partial charge on any atom is 0.338 e. The van der Waals surface area contributed by atoms with Crippen molar-refractivity contribution in [3.8, 4) is 0 Å². The zero-order valence-corrected chi connectivity index (χ0v) is 8.77. The van der Waals surface area contributed by atoms with Crippen molar-refractivity contribution in [2.24, 2.45) is 0 Å². The molecular formula is C8H13F4NO3. The Balaban J connectivity index is 4.13. The number of aliphatic hydroxyl groups is 1. The molecule has 0 heterocycles. The van der Waals surface area contributed by atoms with E-state index in [0.717, 1.165) is 14.0 Å². The molecule has 0 amide bonds. The molecule has 0 rings (SSSR count). The fourth-order valence-corrected chi connectivity index (χ4v) is 0.842. The van der Waals surface area contributed by atoms with Gasteiger partial charge in [0.25, 0.3) is 0 Å². The second-order valence-corrected chi connectivity index (χ2v) is 3.43. The van der Waals surface area contributed by atoms with Crippen LogP contribution in [0.25, 0.3) is 0 Å². The Morgan fingerprint density at radius 1 is 1.44 bits per heavy atom. The van der Waals surface area contributed by atoms with Crippen molar-refractivity contribution in [3.05, 3.63) is 0 Å². The molecule has 0 saturated heterocycles. The van der Waals surface area contributed by atoms with Crippen LogP contribution >= 0.6 is 0 Å². The number of rotatable bonds is 6. The van der Waals surface area contributed by atoms with E-state index in [1.807, 2.05) is 5.32 Å². The molecule has 1 unspecified atom stereocenters. The summed E-state index contributed by atoms with van der Waals surface area (Å²) in [4.78, 5) is 10.9. The fourth-order valence-electron chi connectivity index (χ4n) is 0.842. The zero-order valence-electron chi connectivity index (χ0n) is 8.77. The van der Waals surface area contributed by atoms with E-state index in [1.54, 1.807) is 0 Å². The summed E-state index contributed by atoms with van der Waals surface area (Å²) >= 11 is 0. The van der Waals surface area contributed by atoms with Gasteiger partial charge in [-0.15, -0.1) is 0 Å². The normalized spacial score (nSPS) is 16.0. The number of esters is 1. The average molecular weight is 247 g/mol. The maximum absolute atomic E-state index is 12.4. The van der Waals surface area contributed by atoms with Crippen molar-refractivity contribution in [2.45, 2.75) is 24.9 Å². The molecule has 0 saturated carbocycles. The Bertz CT molecular complexity index is 245. The predicted molar refractivity (Wildman–Crippen MR) is 46.5 cm³/mol. The molecule has 2 N–H and O–H groups in total. The summed E-state index contributed by atoms with van der Waals surface area (Å²) in [5.41, 5.74) is -2.03. The van der Waals surface area contributed by atoms with Gasteiger partial charge in [0.05, 0.1) is 13.7 Å². The van der Waals surface area contributed by atoms with E-state index in [-0.39, 0.29) is 0 Å². The Hall–Kier alpha value is -0.890. The highest BCUT2D eigenvalue weighted by Crippen LogP contribution is 2.21. The first kappa shape index (κ1) is 15.1. The molecule has 0 radical (unpaired) electrons. The molecule has 0 aromatic heterocycles. The van der Waals surface area contributed by atoms with Gasteiger partial charge in [-0.25, -0.2) is 13.6 Å². The Kier molecular flexibility index (Phi) is 5.14. The maximum atomic E-state index is 12.4. The summed E-state index contributed by atoms with van der Waals surface area (Å²) in [5, 5.41) is 11.2. The Morgan fingerprint density at radius 3 is 2.31 bits per heavy atom. The van der Waals surface area contributed by atoms with Gasteiger partial charge in [-0.1, -0.05) is 0 Å². The van der Waals surface area contributed by atoms with Gasteiger partial charge in [0.15, 0.2) is 5.60 Å². The lowest BCUT2D eigenvalue weighted by Crippen LogP contribution is -2.49. The first-order valence-corrected chi connectivity index (χ1v) is 4.31. The summed E-state index contributed by atoms with van der Waals surface area (Å²) in [6.07, 6.45) is -3.80. The molecule has 0 fully saturated rings. The minimum absolute atomic E-state index is 0.609. The van der Waals surface area contributed by atoms with Crippen LogP contribution < -0.4 is 5.32 Å². The molecular weight excluding hydrogens is 234 g/mol. The highest BCUT2D eigenvalue weighted by Gasteiger charge is 2.41. The van der Waals surface area contributed by atoms with Gasteiger partial charge in [0, 0.05) is 6.54 Å². The lowest BCUT2D eigenvalue weighted by Gasteiger charge is -2.22. The number of carbonyl (C=O) groups excluding carboxylic acids is 1. The van der Waals surface area contributed by atoms with E-state index in [2.05, 4.69) is 4.74 Å². The van der Waals surface area contributed by atoms with Crippen molar-refractivity contribution >= 4 is 5.97 Å². The van der Waals surface area contributed by atoms with Crippen LogP contribution in [0.1, 0.15) is 6.92 Å². The molecule has 0 spiro atoms. The van der Waals surface area contributed by atoms with Gasteiger partial charge in [-0.3, -0.25) is 0 Å². The molecule has 16 heavy (non-hydrogen) atoms. The quantitative estimate of drug-likeness (QED) is 0.527. The SMILES string of the molecule is COC(=O)C(C)(O)CNCC(F)(F)C(F)F. The summed E-state index contributed by atoms with van der Waals surface area (Å²) in [5.74, 6) is -5.24. The van der Waals surface area contributed by atoms with Crippen LogP contribution in [-0.4, -0.2) is 49.2 Å². The number of alkyl halides is 4. The van der Waals surface area contributed by atoms with Gasteiger partial charge in [0.1, 0.15) is 0 Å². The van der Waals surface area contributed by atoms with Gasteiger partial charge in [0.2, 0.25) is 0 Å². The lowest BCUT2D eigenvalue weighted by atomic mass is 10.1. The fraction of sp³-hybridized carbons (Fsp3) is 0.875. The second-order valence-electron chi connectivity index (χ2n) is 3.43. The third kappa shape index (κ3) is 4.31. The van der Waals surface area contributed by atoms with Gasteiger partial charge in [-0.05, 0) is 6.92 Å². The second kappa shape index (κ2) is 5.44. The van der Waals surface area contributed by atoms with E-state index in [9.17, 15) is 27.5 Å². The van der Waals surface area contributed by atoms with Crippen molar-refractivity contribution in [1.82, 2.24) is 5.32 Å². The summed E-state index contributed by atoms with van der Waals surface area (Å²) in [6.45, 7) is -0.924. The Labute approximate surface area is 89.6 Å². The molecule has 0 aromatic carbocycles. The number of halogens is 4. The number of nitrogens with one attached hydrogen (secondary N) is 1. The minimum Gasteiger partial charge on any atom is -0.467 e. The molecule has 96 valence electrons. The summed E-state index contributed by atoms with van der Waals surface area (Å²) in [6, 6.07) is 0. The van der Waals surface area contributed by atoms with Crippen LogP contribution in [0, 0.1) is 0 Å². The van der Waals surface area contributed by atoms with Crippen LogP contribution in [-0.2, 0) is 9.53 Å². The number of ether oxygens (including phenoxy) is 1. The molecule has 8 heteroatoms. The monoisotopic (exact) mass is 247 g/mol. The van der Waals surface area contributed by atoms with Gasteiger partial charge in [-0.2, -0.15) is 8.78 Å². The topological polar surface area (TPSA) is 58.6 Å². The van der Waals surface area contributed by atoms with Gasteiger partial charge < -0.3 is 15.2 Å². The third-order valence-electron chi connectivity index (χ3n) is 1.77. The highest BCUT2D eigenvalue weighted by atomic mass is 19.3. The summed E-state index contributed by atoms with van der Waals surface area (Å²) < 4.78 is 52.4. The molecule has 4 nitrogen and oxygen atoms in total. The molecule has 0 aliphatic carbocycles. The first-order valence-electron chi connectivity index (χ1n) is 4.31. The van der Waals surface area contributed by atoms with E-state index in [4.69, 9.17) is 0 Å². The Morgan fingerprint density at radius 2 is 1.94 bits per heavy atom. The molecule has 0 bridgehead atoms. The zero-order chi connectivity index (χ0) is 13.0. The van der Waals surface area contributed by atoms with Crippen LogP contribution in [0.3, 0.4) is 0 Å². The molecule has 0 aliphatic heterocycles. The predicted octanol–water partition coefficient (Wildman–Crippen LogP) is 0.400.